The minimum absolute atomic E-state index is 0.111. The summed E-state index contributed by atoms with van der Waals surface area (Å²) in [6.45, 7) is 7.62. The Morgan fingerprint density at radius 1 is 0.727 bits per heavy atom. The molecule has 2 nitrogen and oxygen atoms in total. The molecule has 0 heterocycles. The highest BCUT2D eigenvalue weighted by Crippen LogP contribution is 2.68. The van der Waals surface area contributed by atoms with Gasteiger partial charge in [-0.3, -0.25) is 0 Å². The van der Waals surface area contributed by atoms with E-state index >= 15 is 22.0 Å². The molecule has 1 unspecified atom stereocenters. The van der Waals surface area contributed by atoms with E-state index in [2.05, 4.69) is 6.58 Å². The van der Waals surface area contributed by atoms with Crippen molar-refractivity contribution < 1.29 is 43.5 Å². The highest BCUT2D eigenvalue weighted by atomic mass is 35.7. The van der Waals surface area contributed by atoms with Gasteiger partial charge in [-0.15, -0.1) is 6.58 Å². The molecule has 0 rings (SSSR count). The van der Waals surface area contributed by atoms with E-state index < -0.39 is 73.0 Å². The Morgan fingerprint density at radius 2 is 1.09 bits per heavy atom. The van der Waals surface area contributed by atoms with E-state index in [-0.39, 0.29) is 27.7 Å². The van der Waals surface area contributed by atoms with Crippen molar-refractivity contribution in [1.29, 1.82) is 0 Å². The molecular weight excluding hydrogens is 504 g/mol. The van der Waals surface area contributed by atoms with Gasteiger partial charge in [0.1, 0.15) is 11.1 Å². The lowest BCUT2D eigenvalue weighted by molar-refractivity contribution is -0.365. The van der Waals surface area contributed by atoms with Gasteiger partial charge in [-0.1, -0.05) is 33.8 Å². The molecule has 33 heavy (non-hydrogen) atoms. The van der Waals surface area contributed by atoms with E-state index in [0.717, 1.165) is 19.9 Å². The van der Waals surface area contributed by atoms with Crippen molar-refractivity contribution in [2.24, 2.45) is 21.7 Å². The van der Waals surface area contributed by atoms with Crippen LogP contribution < -0.4 is 0 Å². The highest BCUT2D eigenvalue weighted by Gasteiger charge is 2.79. The molecular formula is C21H33ClF8O2S. The highest BCUT2D eigenvalue weighted by molar-refractivity contribution is 8.13. The summed E-state index contributed by atoms with van der Waals surface area (Å²) in [7, 11) is 1.02. The van der Waals surface area contributed by atoms with E-state index in [1.54, 1.807) is 0 Å². The zero-order valence-electron chi connectivity index (χ0n) is 20.0. The smallest absolute Gasteiger partial charge is 0.242 e. The van der Waals surface area contributed by atoms with Crippen LogP contribution in [0.1, 0.15) is 68.2 Å². The van der Waals surface area contributed by atoms with Crippen LogP contribution in [-0.2, 0) is 9.05 Å². The van der Waals surface area contributed by atoms with Crippen molar-refractivity contribution in [3.05, 3.63) is 12.7 Å². The first-order valence-electron chi connectivity index (χ1n) is 10.1. The number of halogens is 9. The van der Waals surface area contributed by atoms with E-state index in [0.29, 0.717) is 13.8 Å². The molecule has 0 spiro atoms. The molecule has 1 atom stereocenters. The third-order valence-corrected chi connectivity index (χ3v) is 8.46. The normalized spacial score (nSPS) is 17.6. The first kappa shape index (κ1) is 32.4. The Kier molecular flexibility index (Phi) is 8.66. The van der Waals surface area contributed by atoms with Gasteiger partial charge in [0.15, 0.2) is 0 Å². The SMILES string of the molecule is C=CCC(F)(C(C)(C)CCS(=O)(=O)Cl)C(C)(C)C(F)(F)C(C)(C)C(F)(F)C(C)(C)C(F)(F)F. The zero-order chi connectivity index (χ0) is 27.3. The van der Waals surface area contributed by atoms with Crippen LogP contribution in [0.15, 0.2) is 12.7 Å². The van der Waals surface area contributed by atoms with Gasteiger partial charge in [-0.2, -0.15) is 13.2 Å². The monoisotopic (exact) mass is 536 g/mol. The van der Waals surface area contributed by atoms with Crippen molar-refractivity contribution in [2.75, 3.05) is 5.75 Å². The second-order valence-electron chi connectivity index (χ2n) is 10.7. The Bertz CT molecular complexity index is 830. The van der Waals surface area contributed by atoms with Crippen LogP contribution in [0.5, 0.6) is 0 Å². The largest absolute Gasteiger partial charge is 0.399 e. The van der Waals surface area contributed by atoms with Crippen molar-refractivity contribution in [2.45, 2.75) is 91.9 Å². The second-order valence-corrected chi connectivity index (χ2v) is 13.6. The van der Waals surface area contributed by atoms with Crippen molar-refractivity contribution in [1.82, 2.24) is 0 Å². The van der Waals surface area contributed by atoms with Gasteiger partial charge in [-0.25, -0.2) is 30.4 Å². The summed E-state index contributed by atoms with van der Waals surface area (Å²) in [5.74, 6) is -10.6. The number of hydrogen-bond donors (Lipinski definition) is 0. The van der Waals surface area contributed by atoms with Gasteiger partial charge < -0.3 is 0 Å². The molecule has 198 valence electrons. The average Bonchev–Trinajstić information content (AvgIpc) is 2.57. The molecule has 0 saturated carbocycles. The molecule has 0 aromatic heterocycles. The van der Waals surface area contributed by atoms with Crippen LogP contribution in [0.4, 0.5) is 35.1 Å². The van der Waals surface area contributed by atoms with Crippen LogP contribution in [0.3, 0.4) is 0 Å². The average molecular weight is 537 g/mol. The van der Waals surface area contributed by atoms with Gasteiger partial charge in [0.25, 0.3) is 11.8 Å². The number of rotatable bonds is 11. The van der Waals surface area contributed by atoms with Gasteiger partial charge in [0.05, 0.1) is 16.6 Å². The van der Waals surface area contributed by atoms with Crippen LogP contribution in [0.2, 0.25) is 0 Å². The summed E-state index contributed by atoms with van der Waals surface area (Å²) in [4.78, 5) is 0. The Hall–Kier alpha value is -0.580. The standard InChI is InChI=1S/C21H33ClF8O2S/c1-10-11-18(23,14(2,3)12-13-33(22,31)32)15(4,5)19(24,25)16(6,7)20(26,27)17(8,9)21(28,29)30/h10H,1,11-13H2,2-9H3. The topological polar surface area (TPSA) is 34.1 Å². The predicted octanol–water partition coefficient (Wildman–Crippen LogP) is 8.17. The molecule has 0 aromatic carbocycles. The zero-order valence-corrected chi connectivity index (χ0v) is 21.6. The summed E-state index contributed by atoms with van der Waals surface area (Å²) in [6, 6.07) is 0. The molecule has 0 aromatic rings. The first-order chi connectivity index (χ1) is 14.0. The fraction of sp³-hybridized carbons (Fsp3) is 0.905. The Morgan fingerprint density at radius 3 is 1.39 bits per heavy atom. The molecule has 0 aliphatic rings. The lowest BCUT2D eigenvalue weighted by Gasteiger charge is -2.58. The predicted molar refractivity (Wildman–Crippen MR) is 114 cm³/mol. The van der Waals surface area contributed by atoms with Gasteiger partial charge in [0.2, 0.25) is 9.05 Å². The quantitative estimate of drug-likeness (QED) is 0.152. The van der Waals surface area contributed by atoms with Crippen LogP contribution in [0.25, 0.3) is 0 Å². The van der Waals surface area contributed by atoms with E-state index in [9.17, 15) is 21.6 Å². The minimum Gasteiger partial charge on any atom is -0.242 e. The van der Waals surface area contributed by atoms with Crippen LogP contribution in [-0.4, -0.2) is 37.9 Å². The van der Waals surface area contributed by atoms with E-state index in [1.807, 2.05) is 0 Å². The second kappa shape index (κ2) is 8.82. The molecule has 0 aliphatic carbocycles. The number of hydrogen-bond acceptors (Lipinski definition) is 2. The van der Waals surface area contributed by atoms with Gasteiger partial charge >= 0.3 is 6.18 Å². The maximum absolute atomic E-state index is 16.6. The maximum atomic E-state index is 16.6. The van der Waals surface area contributed by atoms with Crippen molar-refractivity contribution in [3.63, 3.8) is 0 Å². The molecule has 0 saturated heterocycles. The lowest BCUT2D eigenvalue weighted by atomic mass is 9.52. The summed E-state index contributed by atoms with van der Waals surface area (Å²) in [6.07, 6.45) is -5.99. The molecule has 0 amide bonds. The third-order valence-electron chi connectivity index (χ3n) is 7.31. The summed E-state index contributed by atoms with van der Waals surface area (Å²) < 4.78 is 142. The molecule has 12 heteroatoms. The Labute approximate surface area is 195 Å². The minimum atomic E-state index is -5.55. The maximum Gasteiger partial charge on any atom is 0.399 e. The number of alkyl halides is 8. The van der Waals surface area contributed by atoms with Crippen molar-refractivity contribution in [3.8, 4) is 0 Å². The lowest BCUT2D eigenvalue weighted by Crippen LogP contribution is -2.69. The van der Waals surface area contributed by atoms with Crippen LogP contribution in [0, 0.1) is 21.7 Å². The van der Waals surface area contributed by atoms with E-state index in [1.165, 1.54) is 0 Å². The summed E-state index contributed by atoms with van der Waals surface area (Å²) in [5, 5.41) is 0. The number of allylic oxidation sites excluding steroid dienone is 1. The molecule has 0 fully saturated rings. The summed E-state index contributed by atoms with van der Waals surface area (Å²) >= 11 is 0. The van der Waals surface area contributed by atoms with Gasteiger partial charge in [0, 0.05) is 22.5 Å². The van der Waals surface area contributed by atoms with Gasteiger partial charge in [-0.05, 0) is 34.1 Å². The van der Waals surface area contributed by atoms with E-state index in [4.69, 9.17) is 10.7 Å². The molecule has 0 N–H and O–H groups in total. The van der Waals surface area contributed by atoms with Crippen LogP contribution >= 0.6 is 10.7 Å². The fourth-order valence-corrected chi connectivity index (χ4v) is 5.32. The molecule has 0 aliphatic heterocycles. The molecule has 0 radical (unpaired) electrons. The Balaban J connectivity index is 6.95. The first-order valence-corrected chi connectivity index (χ1v) is 12.5. The van der Waals surface area contributed by atoms with Crippen molar-refractivity contribution >= 4 is 19.7 Å². The third kappa shape index (κ3) is 5.05. The fourth-order valence-electron chi connectivity index (χ4n) is 4.34. The molecule has 0 bridgehead atoms. The summed E-state index contributed by atoms with van der Waals surface area (Å²) in [5.41, 5.74) is -15.5.